The second-order valence-corrected chi connectivity index (χ2v) is 8.59. The minimum Gasteiger partial charge on any atom is -0.463 e. The Balaban J connectivity index is 2.44. The van der Waals surface area contributed by atoms with E-state index in [2.05, 4.69) is 6.58 Å². The standard InChI is InChI=1S/C25H34O13/c1-7-8-18-9-10-19(20(36-18)11-31-13(2)26)37-25-24(35-17(6)30)23(34-16(5)29)22(33-15(4)28)21(38-25)12-32-14(3)27/h7,9-10,18-25H,1,8,11-12H2,2-6H3/t18-,19+,20-,21-,22-,23+,24-,25+/m1/s1. The monoisotopic (exact) mass is 542 g/mol. The van der Waals surface area contributed by atoms with Gasteiger partial charge < -0.3 is 37.9 Å². The zero-order chi connectivity index (χ0) is 28.4. The van der Waals surface area contributed by atoms with E-state index in [4.69, 9.17) is 37.9 Å². The van der Waals surface area contributed by atoms with Crippen molar-refractivity contribution in [3.63, 3.8) is 0 Å². The molecular weight excluding hydrogens is 508 g/mol. The van der Waals surface area contributed by atoms with E-state index in [1.165, 1.54) is 13.8 Å². The molecule has 0 aliphatic carbocycles. The SMILES string of the molecule is C=CC[C@@H]1C=C[C@H](O[C@H]2O[C@H](COC(C)=O)[C@@H](OC(C)=O)[C@H](OC(C)=O)[C@H]2OC(C)=O)[C@@H](COC(C)=O)O1. The van der Waals surface area contributed by atoms with E-state index in [0.717, 1.165) is 20.8 Å². The Morgan fingerprint density at radius 1 is 0.711 bits per heavy atom. The van der Waals surface area contributed by atoms with Gasteiger partial charge >= 0.3 is 29.8 Å². The van der Waals surface area contributed by atoms with Crippen LogP contribution in [0.15, 0.2) is 24.8 Å². The van der Waals surface area contributed by atoms with Crippen LogP contribution in [-0.4, -0.2) is 92.1 Å². The first kappa shape index (κ1) is 30.9. The molecule has 0 amide bonds. The van der Waals surface area contributed by atoms with Crippen LogP contribution < -0.4 is 0 Å². The van der Waals surface area contributed by atoms with Crippen molar-refractivity contribution in [1.29, 1.82) is 0 Å². The van der Waals surface area contributed by atoms with E-state index in [1.54, 1.807) is 18.2 Å². The predicted molar refractivity (Wildman–Crippen MR) is 126 cm³/mol. The summed E-state index contributed by atoms with van der Waals surface area (Å²) < 4.78 is 44.4. The van der Waals surface area contributed by atoms with E-state index in [-0.39, 0.29) is 12.7 Å². The van der Waals surface area contributed by atoms with Gasteiger partial charge in [-0.1, -0.05) is 18.2 Å². The molecule has 0 aromatic carbocycles. The lowest BCUT2D eigenvalue weighted by Crippen LogP contribution is -2.63. The van der Waals surface area contributed by atoms with Gasteiger partial charge in [0.05, 0.1) is 6.10 Å². The molecule has 13 nitrogen and oxygen atoms in total. The molecule has 38 heavy (non-hydrogen) atoms. The third kappa shape index (κ3) is 9.54. The molecule has 0 radical (unpaired) electrons. The number of carbonyl (C=O) groups excluding carboxylic acids is 5. The summed E-state index contributed by atoms with van der Waals surface area (Å²) in [5.41, 5.74) is 0. The van der Waals surface area contributed by atoms with Gasteiger partial charge in [-0.2, -0.15) is 0 Å². The minimum atomic E-state index is -1.41. The highest BCUT2D eigenvalue weighted by molar-refractivity contribution is 5.68. The maximum absolute atomic E-state index is 12.0. The zero-order valence-corrected chi connectivity index (χ0v) is 22.0. The fourth-order valence-electron chi connectivity index (χ4n) is 3.92. The normalized spacial score (nSPS) is 30.4. The smallest absolute Gasteiger partial charge is 0.303 e. The molecule has 0 bridgehead atoms. The molecule has 2 aliphatic rings. The molecule has 0 spiro atoms. The Morgan fingerprint density at radius 2 is 1.24 bits per heavy atom. The van der Waals surface area contributed by atoms with Crippen LogP contribution in [0.2, 0.25) is 0 Å². The fourth-order valence-corrected chi connectivity index (χ4v) is 3.92. The van der Waals surface area contributed by atoms with E-state index in [0.29, 0.717) is 6.42 Å². The summed E-state index contributed by atoms with van der Waals surface area (Å²) >= 11 is 0. The van der Waals surface area contributed by atoms with Gasteiger partial charge in [-0.25, -0.2) is 0 Å². The largest absolute Gasteiger partial charge is 0.463 e. The summed E-state index contributed by atoms with van der Waals surface area (Å²) in [5, 5.41) is 0. The van der Waals surface area contributed by atoms with Gasteiger partial charge in [-0.05, 0) is 6.42 Å². The fraction of sp³-hybridized carbons (Fsp3) is 0.640. The molecule has 212 valence electrons. The van der Waals surface area contributed by atoms with Crippen molar-refractivity contribution >= 4 is 29.8 Å². The second-order valence-electron chi connectivity index (χ2n) is 8.59. The van der Waals surface area contributed by atoms with Gasteiger partial charge in [0.25, 0.3) is 0 Å². The van der Waals surface area contributed by atoms with Crippen LogP contribution >= 0.6 is 0 Å². The van der Waals surface area contributed by atoms with Crippen LogP contribution in [0.5, 0.6) is 0 Å². The van der Waals surface area contributed by atoms with Crippen LogP contribution in [0.1, 0.15) is 41.0 Å². The molecule has 13 heteroatoms. The lowest BCUT2D eigenvalue weighted by molar-refractivity contribution is -0.320. The molecule has 0 aromatic heterocycles. The van der Waals surface area contributed by atoms with Crippen LogP contribution in [0.3, 0.4) is 0 Å². The van der Waals surface area contributed by atoms with Crippen LogP contribution in [0.4, 0.5) is 0 Å². The van der Waals surface area contributed by atoms with Gasteiger partial charge in [-0.15, -0.1) is 6.58 Å². The topological polar surface area (TPSA) is 159 Å². The first-order valence-electron chi connectivity index (χ1n) is 11.9. The van der Waals surface area contributed by atoms with Crippen LogP contribution in [0.25, 0.3) is 0 Å². The van der Waals surface area contributed by atoms with E-state index >= 15 is 0 Å². The zero-order valence-electron chi connectivity index (χ0n) is 22.0. The Bertz CT molecular complexity index is 913. The molecule has 2 rings (SSSR count). The molecule has 0 unspecified atom stereocenters. The highest BCUT2D eigenvalue weighted by Crippen LogP contribution is 2.32. The average molecular weight is 543 g/mol. The summed E-state index contributed by atoms with van der Waals surface area (Å²) in [6, 6.07) is 0. The molecule has 0 saturated carbocycles. The Labute approximate surface area is 220 Å². The van der Waals surface area contributed by atoms with Gasteiger partial charge in [0.15, 0.2) is 24.6 Å². The number of ether oxygens (including phenoxy) is 8. The van der Waals surface area contributed by atoms with Crippen molar-refractivity contribution < 1.29 is 61.9 Å². The average Bonchev–Trinajstić information content (AvgIpc) is 2.80. The first-order chi connectivity index (χ1) is 17.9. The minimum absolute atomic E-state index is 0.163. The molecule has 0 aromatic rings. The first-order valence-corrected chi connectivity index (χ1v) is 11.9. The van der Waals surface area contributed by atoms with E-state index < -0.39 is 79.4 Å². The summed E-state index contributed by atoms with van der Waals surface area (Å²) in [4.78, 5) is 58.8. The van der Waals surface area contributed by atoms with Gasteiger partial charge in [-0.3, -0.25) is 24.0 Å². The van der Waals surface area contributed by atoms with Crippen LogP contribution in [0, 0.1) is 0 Å². The van der Waals surface area contributed by atoms with Crippen molar-refractivity contribution in [1.82, 2.24) is 0 Å². The lowest BCUT2D eigenvalue weighted by Gasteiger charge is -2.45. The van der Waals surface area contributed by atoms with E-state index in [9.17, 15) is 24.0 Å². The molecule has 0 N–H and O–H groups in total. The summed E-state index contributed by atoms with van der Waals surface area (Å²) in [6.07, 6.45) is -3.16. The van der Waals surface area contributed by atoms with Crippen molar-refractivity contribution in [3.8, 4) is 0 Å². The van der Waals surface area contributed by atoms with Gasteiger partial charge in [0, 0.05) is 34.6 Å². The summed E-state index contributed by atoms with van der Waals surface area (Å²) in [7, 11) is 0. The van der Waals surface area contributed by atoms with Crippen molar-refractivity contribution in [2.24, 2.45) is 0 Å². The lowest BCUT2D eigenvalue weighted by atomic mass is 9.97. The summed E-state index contributed by atoms with van der Waals surface area (Å²) in [6.45, 7) is 8.92. The second kappa shape index (κ2) is 14.6. The molecule has 1 saturated heterocycles. The third-order valence-electron chi connectivity index (χ3n) is 5.32. The quantitative estimate of drug-likeness (QED) is 0.206. The molecule has 8 atom stereocenters. The number of hydrogen-bond acceptors (Lipinski definition) is 13. The van der Waals surface area contributed by atoms with Gasteiger partial charge in [0.2, 0.25) is 0 Å². The third-order valence-corrected chi connectivity index (χ3v) is 5.32. The maximum Gasteiger partial charge on any atom is 0.303 e. The number of rotatable bonds is 11. The number of hydrogen-bond donors (Lipinski definition) is 0. The van der Waals surface area contributed by atoms with Crippen molar-refractivity contribution in [2.75, 3.05) is 13.2 Å². The van der Waals surface area contributed by atoms with E-state index in [1.807, 2.05) is 0 Å². The van der Waals surface area contributed by atoms with Crippen molar-refractivity contribution in [3.05, 3.63) is 24.8 Å². The van der Waals surface area contributed by atoms with Crippen LogP contribution in [-0.2, 0) is 61.9 Å². The number of carbonyl (C=O) groups is 5. The van der Waals surface area contributed by atoms with Gasteiger partial charge in [0.1, 0.15) is 31.5 Å². The number of esters is 5. The molecule has 2 heterocycles. The summed E-state index contributed by atoms with van der Waals surface area (Å²) in [5.74, 6) is -3.45. The Morgan fingerprint density at radius 3 is 1.76 bits per heavy atom. The highest BCUT2D eigenvalue weighted by Gasteiger charge is 2.53. The predicted octanol–water partition coefficient (Wildman–Crippen LogP) is 0.918. The van der Waals surface area contributed by atoms with Crippen molar-refractivity contribution in [2.45, 2.75) is 90.1 Å². The molecular formula is C25H34O13. The Hall–Kier alpha value is -3.29. The highest BCUT2D eigenvalue weighted by atomic mass is 16.7. The molecule has 1 fully saturated rings. The molecule has 2 aliphatic heterocycles. The Kier molecular flexibility index (Phi) is 11.9. The maximum atomic E-state index is 12.0.